The molecule has 1 atom stereocenters. The number of allylic oxidation sites excluding steroid dienone is 1. The molecule has 0 amide bonds. The predicted molar refractivity (Wildman–Crippen MR) is 156 cm³/mol. The highest BCUT2D eigenvalue weighted by Gasteiger charge is 2.33. The number of furan rings is 1. The zero-order valence-corrected chi connectivity index (χ0v) is 24.2. The van der Waals surface area contributed by atoms with Crippen molar-refractivity contribution in [1.29, 1.82) is 0 Å². The molecule has 2 aromatic carbocycles. The molecule has 0 aliphatic carbocycles. The van der Waals surface area contributed by atoms with Crippen LogP contribution in [0.25, 0.3) is 17.4 Å². The van der Waals surface area contributed by atoms with Gasteiger partial charge in [0.2, 0.25) is 0 Å². The first kappa shape index (κ1) is 28.0. The highest BCUT2D eigenvalue weighted by molar-refractivity contribution is 7.07. The Labute approximate surface area is 240 Å². The summed E-state index contributed by atoms with van der Waals surface area (Å²) in [7, 11) is 0. The first-order valence-electron chi connectivity index (χ1n) is 13.3. The van der Waals surface area contributed by atoms with E-state index in [4.69, 9.17) is 13.9 Å². The molecule has 0 saturated heterocycles. The third-order valence-corrected chi connectivity index (χ3v) is 7.34. The van der Waals surface area contributed by atoms with Gasteiger partial charge in [-0.05, 0) is 58.4 Å². The van der Waals surface area contributed by atoms with Crippen LogP contribution in [-0.2, 0) is 14.3 Å². The van der Waals surface area contributed by atoms with Crippen molar-refractivity contribution in [3.63, 3.8) is 0 Å². The molecule has 0 saturated carbocycles. The van der Waals surface area contributed by atoms with E-state index in [2.05, 4.69) is 4.99 Å². The number of thiazole rings is 1. The molecule has 2 aromatic heterocycles. The Morgan fingerprint density at radius 1 is 0.927 bits per heavy atom. The Morgan fingerprint density at radius 2 is 1.59 bits per heavy atom. The van der Waals surface area contributed by atoms with Crippen LogP contribution in [0.5, 0.6) is 0 Å². The maximum Gasteiger partial charge on any atom is 0.339 e. The fourth-order valence-corrected chi connectivity index (χ4v) is 5.70. The summed E-state index contributed by atoms with van der Waals surface area (Å²) < 4.78 is 18.9. The SMILES string of the molecule is CC1=C(C(=O)OC(C)C)C(c2ccccc2)n2c(sc(=Cc3ccc(-c4ccccc4C(=O)OC(C)C)o3)c2=O)=N1. The van der Waals surface area contributed by atoms with Gasteiger partial charge in [0.25, 0.3) is 5.56 Å². The molecule has 210 valence electrons. The van der Waals surface area contributed by atoms with Gasteiger partial charge in [-0.15, -0.1) is 0 Å². The van der Waals surface area contributed by atoms with Crippen molar-refractivity contribution in [3.05, 3.63) is 115 Å². The molecule has 8 nitrogen and oxygen atoms in total. The van der Waals surface area contributed by atoms with E-state index in [0.717, 1.165) is 5.56 Å². The number of carbonyl (C=O) groups excluding carboxylic acids is 2. The van der Waals surface area contributed by atoms with Gasteiger partial charge in [-0.2, -0.15) is 0 Å². The Hall–Kier alpha value is -4.50. The van der Waals surface area contributed by atoms with E-state index in [1.165, 1.54) is 15.9 Å². The van der Waals surface area contributed by atoms with Crippen molar-refractivity contribution in [3.8, 4) is 11.3 Å². The van der Waals surface area contributed by atoms with Crippen LogP contribution < -0.4 is 14.9 Å². The van der Waals surface area contributed by atoms with Crippen LogP contribution >= 0.6 is 11.3 Å². The van der Waals surface area contributed by atoms with E-state index in [9.17, 15) is 14.4 Å². The summed E-state index contributed by atoms with van der Waals surface area (Å²) in [5.74, 6) is -0.0413. The Balaban J connectivity index is 1.58. The van der Waals surface area contributed by atoms with Gasteiger partial charge < -0.3 is 13.9 Å². The molecule has 9 heteroatoms. The summed E-state index contributed by atoms with van der Waals surface area (Å²) in [4.78, 5) is 44.8. The zero-order valence-electron chi connectivity index (χ0n) is 23.4. The van der Waals surface area contributed by atoms with Crippen molar-refractivity contribution >= 4 is 29.4 Å². The third kappa shape index (κ3) is 5.71. The van der Waals surface area contributed by atoms with Crippen LogP contribution in [0, 0.1) is 0 Å². The lowest BCUT2D eigenvalue weighted by molar-refractivity contribution is -0.143. The van der Waals surface area contributed by atoms with E-state index in [1.54, 1.807) is 71.0 Å². The van der Waals surface area contributed by atoms with Gasteiger partial charge >= 0.3 is 11.9 Å². The molecule has 41 heavy (non-hydrogen) atoms. The number of carbonyl (C=O) groups is 2. The number of rotatable bonds is 7. The van der Waals surface area contributed by atoms with E-state index in [-0.39, 0.29) is 17.8 Å². The fourth-order valence-electron chi connectivity index (χ4n) is 4.67. The minimum absolute atomic E-state index is 0.259. The number of hydrogen-bond acceptors (Lipinski definition) is 8. The average Bonchev–Trinajstić information content (AvgIpc) is 3.51. The van der Waals surface area contributed by atoms with E-state index in [0.29, 0.717) is 43.3 Å². The van der Waals surface area contributed by atoms with Crippen molar-refractivity contribution < 1.29 is 23.5 Å². The molecule has 1 unspecified atom stereocenters. The first-order chi connectivity index (χ1) is 19.6. The molecule has 1 aliphatic rings. The maximum absolute atomic E-state index is 13.8. The summed E-state index contributed by atoms with van der Waals surface area (Å²) in [6.07, 6.45) is 1.06. The van der Waals surface area contributed by atoms with Gasteiger partial charge in [-0.25, -0.2) is 14.6 Å². The van der Waals surface area contributed by atoms with E-state index in [1.807, 2.05) is 36.4 Å². The fraction of sp³-hybridized carbons (Fsp3) is 0.250. The number of fused-ring (bicyclic) bond motifs is 1. The van der Waals surface area contributed by atoms with E-state index >= 15 is 0 Å². The molecule has 0 N–H and O–H groups in total. The van der Waals surface area contributed by atoms with Crippen molar-refractivity contribution in [1.82, 2.24) is 4.57 Å². The van der Waals surface area contributed by atoms with Gasteiger partial charge in [0.1, 0.15) is 11.5 Å². The zero-order chi connectivity index (χ0) is 29.3. The molecule has 0 spiro atoms. The van der Waals surface area contributed by atoms with Crippen LogP contribution in [-0.4, -0.2) is 28.7 Å². The normalized spacial score (nSPS) is 15.2. The second-order valence-electron chi connectivity index (χ2n) is 10.1. The second-order valence-corrected chi connectivity index (χ2v) is 11.2. The monoisotopic (exact) mass is 570 g/mol. The topological polar surface area (TPSA) is 100 Å². The van der Waals surface area contributed by atoms with Crippen LogP contribution in [0.1, 0.15) is 62.3 Å². The largest absolute Gasteiger partial charge is 0.459 e. The van der Waals surface area contributed by atoms with Gasteiger partial charge in [-0.3, -0.25) is 9.36 Å². The molecule has 3 heterocycles. The molecule has 0 fully saturated rings. The first-order valence-corrected chi connectivity index (χ1v) is 14.1. The van der Waals surface area contributed by atoms with Crippen molar-refractivity contribution in [2.75, 3.05) is 0 Å². The maximum atomic E-state index is 13.8. The standard InChI is InChI=1S/C32H30N2O6S/c1-18(2)38-30(36)24-14-10-9-13-23(24)25-16-15-22(40-25)17-26-29(35)34-28(21-11-7-6-8-12-21)27(31(37)39-19(3)4)20(5)33-32(34)41-26/h6-19,28H,1-5H3. The highest BCUT2D eigenvalue weighted by atomic mass is 32.1. The number of hydrogen-bond donors (Lipinski definition) is 0. The highest BCUT2D eigenvalue weighted by Crippen LogP contribution is 2.31. The Morgan fingerprint density at radius 3 is 2.29 bits per heavy atom. The molecular weight excluding hydrogens is 540 g/mol. The number of aromatic nitrogens is 1. The average molecular weight is 571 g/mol. The lowest BCUT2D eigenvalue weighted by Crippen LogP contribution is -2.40. The number of nitrogens with zero attached hydrogens (tertiary/aromatic N) is 2. The molecule has 4 aromatic rings. The van der Waals surface area contributed by atoms with Gasteiger partial charge in [0.15, 0.2) is 4.80 Å². The molecule has 5 rings (SSSR count). The quantitative estimate of drug-likeness (QED) is 0.290. The minimum atomic E-state index is -0.688. The van der Waals surface area contributed by atoms with Crippen LogP contribution in [0.4, 0.5) is 0 Å². The number of ether oxygens (including phenoxy) is 2. The van der Waals surface area contributed by atoms with Crippen LogP contribution in [0.15, 0.2) is 92.2 Å². The third-order valence-electron chi connectivity index (χ3n) is 6.35. The Bertz CT molecular complexity index is 1830. The van der Waals surface area contributed by atoms with Gasteiger partial charge in [0, 0.05) is 11.6 Å². The van der Waals surface area contributed by atoms with Crippen LogP contribution in [0.3, 0.4) is 0 Å². The van der Waals surface area contributed by atoms with Crippen molar-refractivity contribution in [2.45, 2.75) is 52.9 Å². The summed E-state index contributed by atoms with van der Waals surface area (Å²) in [6, 6.07) is 19.2. The van der Waals surface area contributed by atoms with Gasteiger partial charge in [0.05, 0.1) is 39.6 Å². The Kier molecular flexibility index (Phi) is 7.90. The molecule has 0 bridgehead atoms. The van der Waals surface area contributed by atoms with E-state index < -0.39 is 18.0 Å². The lowest BCUT2D eigenvalue weighted by atomic mass is 9.96. The van der Waals surface area contributed by atoms with Crippen molar-refractivity contribution in [2.24, 2.45) is 4.99 Å². The minimum Gasteiger partial charge on any atom is -0.459 e. The second kappa shape index (κ2) is 11.5. The van der Waals surface area contributed by atoms with Crippen LogP contribution in [0.2, 0.25) is 0 Å². The summed E-state index contributed by atoms with van der Waals surface area (Å²) in [5, 5.41) is 0. The predicted octanol–water partition coefficient (Wildman–Crippen LogP) is 5.01. The molecular formula is C32H30N2O6S. The van der Waals surface area contributed by atoms with Gasteiger partial charge in [-0.1, -0.05) is 59.9 Å². The lowest BCUT2D eigenvalue weighted by Gasteiger charge is -2.25. The summed E-state index contributed by atoms with van der Waals surface area (Å²) in [5.41, 5.74) is 2.28. The summed E-state index contributed by atoms with van der Waals surface area (Å²) in [6.45, 7) is 8.90. The molecule has 0 radical (unpaired) electrons. The smallest absolute Gasteiger partial charge is 0.339 e. The molecule has 1 aliphatic heterocycles. The number of benzene rings is 2. The summed E-state index contributed by atoms with van der Waals surface area (Å²) >= 11 is 1.21. The number of esters is 2.